The van der Waals surface area contributed by atoms with Crippen LogP contribution in [0.2, 0.25) is 0 Å². The number of ether oxygens (including phenoxy) is 1. The summed E-state index contributed by atoms with van der Waals surface area (Å²) in [5, 5.41) is 0. The molecule has 0 atom stereocenters. The average molecular weight is 357 g/mol. The van der Waals surface area contributed by atoms with Crippen LogP contribution in [0, 0.1) is 5.82 Å². The topological polar surface area (TPSA) is 62.7 Å². The van der Waals surface area contributed by atoms with E-state index in [1.165, 1.54) is 30.5 Å². The highest BCUT2D eigenvalue weighted by Crippen LogP contribution is 2.14. The number of pyridine rings is 1. The van der Waals surface area contributed by atoms with E-state index in [4.69, 9.17) is 4.74 Å². The number of halogens is 1. The van der Waals surface area contributed by atoms with Gasteiger partial charge in [-0.1, -0.05) is 0 Å². The van der Waals surface area contributed by atoms with Crippen molar-refractivity contribution in [1.82, 2.24) is 14.8 Å². The minimum absolute atomic E-state index is 0.116. The Labute approximate surface area is 151 Å². The predicted octanol–water partition coefficient (Wildman–Crippen LogP) is 2.22. The molecule has 136 valence electrons. The molecule has 1 aromatic carbocycles. The Kier molecular flexibility index (Phi) is 5.46. The Bertz CT molecular complexity index is 770. The third-order valence-corrected chi connectivity index (χ3v) is 4.22. The maximum Gasteiger partial charge on any atom is 0.255 e. The highest BCUT2D eigenvalue weighted by Gasteiger charge is 2.25. The molecule has 0 bridgehead atoms. The van der Waals surface area contributed by atoms with Gasteiger partial charge in [-0.05, 0) is 37.3 Å². The third kappa shape index (κ3) is 3.99. The molecule has 0 radical (unpaired) electrons. The van der Waals surface area contributed by atoms with Crippen molar-refractivity contribution in [2.24, 2.45) is 0 Å². The first-order valence-corrected chi connectivity index (χ1v) is 8.51. The van der Waals surface area contributed by atoms with Crippen molar-refractivity contribution in [3.63, 3.8) is 0 Å². The molecule has 0 unspecified atom stereocenters. The molecule has 6 nitrogen and oxygen atoms in total. The van der Waals surface area contributed by atoms with Gasteiger partial charge in [-0.3, -0.25) is 9.59 Å². The molecule has 1 aliphatic rings. The zero-order valence-electron chi connectivity index (χ0n) is 14.5. The van der Waals surface area contributed by atoms with Crippen LogP contribution >= 0.6 is 0 Å². The number of benzene rings is 1. The molecule has 0 saturated carbocycles. The molecule has 26 heavy (non-hydrogen) atoms. The molecule has 2 amide bonds. The second-order valence-electron chi connectivity index (χ2n) is 5.91. The van der Waals surface area contributed by atoms with Gasteiger partial charge in [-0.2, -0.15) is 0 Å². The normalized spacial score (nSPS) is 14.2. The maximum absolute atomic E-state index is 13.0. The van der Waals surface area contributed by atoms with Gasteiger partial charge < -0.3 is 14.5 Å². The number of piperazine rings is 1. The largest absolute Gasteiger partial charge is 0.478 e. The van der Waals surface area contributed by atoms with E-state index >= 15 is 0 Å². The molecule has 0 aliphatic carbocycles. The summed E-state index contributed by atoms with van der Waals surface area (Å²) >= 11 is 0. The summed E-state index contributed by atoms with van der Waals surface area (Å²) in [6.07, 6.45) is 1.50. The van der Waals surface area contributed by atoms with E-state index in [0.29, 0.717) is 49.8 Å². The minimum Gasteiger partial charge on any atom is -0.478 e. The van der Waals surface area contributed by atoms with Crippen molar-refractivity contribution in [2.45, 2.75) is 6.92 Å². The first kappa shape index (κ1) is 17.8. The van der Waals surface area contributed by atoms with Crippen LogP contribution in [0.3, 0.4) is 0 Å². The van der Waals surface area contributed by atoms with Crippen molar-refractivity contribution in [1.29, 1.82) is 0 Å². The van der Waals surface area contributed by atoms with E-state index in [1.54, 1.807) is 21.9 Å². The van der Waals surface area contributed by atoms with Gasteiger partial charge >= 0.3 is 0 Å². The first-order chi connectivity index (χ1) is 12.6. The van der Waals surface area contributed by atoms with Gasteiger partial charge in [-0.15, -0.1) is 0 Å². The van der Waals surface area contributed by atoms with Crippen LogP contribution in [0.4, 0.5) is 4.39 Å². The number of aromatic nitrogens is 1. The molecule has 1 aliphatic heterocycles. The molecular formula is C19H20FN3O3. The van der Waals surface area contributed by atoms with Crippen molar-refractivity contribution in [2.75, 3.05) is 32.8 Å². The van der Waals surface area contributed by atoms with Gasteiger partial charge in [0.25, 0.3) is 11.8 Å². The number of hydrogen-bond acceptors (Lipinski definition) is 4. The Morgan fingerprint density at radius 2 is 1.50 bits per heavy atom. The molecule has 3 rings (SSSR count). The summed E-state index contributed by atoms with van der Waals surface area (Å²) in [5.41, 5.74) is 0.939. The van der Waals surface area contributed by atoms with Crippen molar-refractivity contribution < 1.29 is 18.7 Å². The molecule has 0 spiro atoms. The van der Waals surface area contributed by atoms with E-state index in [9.17, 15) is 14.0 Å². The fourth-order valence-corrected chi connectivity index (χ4v) is 2.81. The number of nitrogens with zero attached hydrogens (tertiary/aromatic N) is 3. The second kappa shape index (κ2) is 7.95. The summed E-state index contributed by atoms with van der Waals surface area (Å²) in [6.45, 7) is 4.15. The number of amides is 2. The molecule has 2 heterocycles. The Morgan fingerprint density at radius 3 is 2.00 bits per heavy atom. The molecular weight excluding hydrogens is 337 g/mol. The zero-order chi connectivity index (χ0) is 18.5. The zero-order valence-corrected chi connectivity index (χ0v) is 14.5. The molecule has 1 fully saturated rings. The van der Waals surface area contributed by atoms with E-state index in [-0.39, 0.29) is 17.6 Å². The van der Waals surface area contributed by atoms with Crippen molar-refractivity contribution in [3.8, 4) is 5.88 Å². The number of carbonyl (C=O) groups is 2. The number of carbonyl (C=O) groups excluding carboxylic acids is 2. The fraction of sp³-hybridized carbons (Fsp3) is 0.316. The van der Waals surface area contributed by atoms with Crippen LogP contribution in [0.1, 0.15) is 27.6 Å². The predicted molar refractivity (Wildman–Crippen MR) is 93.6 cm³/mol. The summed E-state index contributed by atoms with van der Waals surface area (Å²) in [5.74, 6) is -0.158. The molecule has 2 aromatic rings. The molecule has 0 N–H and O–H groups in total. The summed E-state index contributed by atoms with van der Waals surface area (Å²) in [4.78, 5) is 32.5. The van der Waals surface area contributed by atoms with Crippen LogP contribution in [-0.4, -0.2) is 59.4 Å². The van der Waals surface area contributed by atoms with Gasteiger partial charge in [0.2, 0.25) is 5.88 Å². The fourth-order valence-electron chi connectivity index (χ4n) is 2.81. The Morgan fingerprint density at radius 1 is 0.962 bits per heavy atom. The minimum atomic E-state index is -0.374. The lowest BCUT2D eigenvalue weighted by atomic mass is 10.1. The second-order valence-corrected chi connectivity index (χ2v) is 5.91. The summed E-state index contributed by atoms with van der Waals surface area (Å²) < 4.78 is 18.3. The van der Waals surface area contributed by atoms with Gasteiger partial charge in [0, 0.05) is 44.0 Å². The van der Waals surface area contributed by atoms with Crippen LogP contribution in [0.25, 0.3) is 0 Å². The van der Waals surface area contributed by atoms with Crippen LogP contribution in [0.5, 0.6) is 5.88 Å². The standard InChI is InChI=1S/C19H20FN3O3/c1-2-26-17-8-5-15(13-21-17)19(25)23-11-9-22(10-12-23)18(24)14-3-6-16(20)7-4-14/h3-8,13H,2,9-12H2,1H3. The Balaban J connectivity index is 1.58. The smallest absolute Gasteiger partial charge is 0.255 e. The molecule has 1 saturated heterocycles. The van der Waals surface area contributed by atoms with Crippen LogP contribution in [0.15, 0.2) is 42.6 Å². The van der Waals surface area contributed by atoms with Crippen LogP contribution < -0.4 is 4.74 Å². The quantitative estimate of drug-likeness (QED) is 0.842. The summed E-state index contributed by atoms with van der Waals surface area (Å²) in [7, 11) is 0. The lowest BCUT2D eigenvalue weighted by Crippen LogP contribution is -2.50. The maximum atomic E-state index is 13.0. The van der Waals surface area contributed by atoms with Gasteiger partial charge in [-0.25, -0.2) is 9.37 Å². The molecule has 7 heteroatoms. The third-order valence-electron chi connectivity index (χ3n) is 4.22. The van der Waals surface area contributed by atoms with Gasteiger partial charge in [0.05, 0.1) is 12.2 Å². The monoisotopic (exact) mass is 357 g/mol. The Hall–Kier alpha value is -2.96. The van der Waals surface area contributed by atoms with Crippen molar-refractivity contribution >= 4 is 11.8 Å². The lowest BCUT2D eigenvalue weighted by Gasteiger charge is -2.34. The lowest BCUT2D eigenvalue weighted by molar-refractivity contribution is 0.0535. The highest BCUT2D eigenvalue weighted by molar-refractivity contribution is 5.95. The van der Waals surface area contributed by atoms with Gasteiger partial charge in [0.1, 0.15) is 5.82 Å². The number of rotatable bonds is 4. The summed E-state index contributed by atoms with van der Waals surface area (Å²) in [6, 6.07) is 8.85. The number of hydrogen-bond donors (Lipinski definition) is 0. The average Bonchev–Trinajstić information content (AvgIpc) is 2.68. The SMILES string of the molecule is CCOc1ccc(C(=O)N2CCN(C(=O)c3ccc(F)cc3)CC2)cn1. The van der Waals surface area contributed by atoms with Crippen LogP contribution in [-0.2, 0) is 0 Å². The van der Waals surface area contributed by atoms with E-state index < -0.39 is 0 Å². The van der Waals surface area contributed by atoms with E-state index in [1.807, 2.05) is 6.92 Å². The van der Waals surface area contributed by atoms with E-state index in [0.717, 1.165) is 0 Å². The van der Waals surface area contributed by atoms with E-state index in [2.05, 4.69) is 4.98 Å². The van der Waals surface area contributed by atoms with Gasteiger partial charge in [0.15, 0.2) is 0 Å². The van der Waals surface area contributed by atoms with Crippen molar-refractivity contribution in [3.05, 3.63) is 59.5 Å². The highest BCUT2D eigenvalue weighted by atomic mass is 19.1. The molecule has 1 aromatic heterocycles. The first-order valence-electron chi connectivity index (χ1n) is 8.51.